The van der Waals surface area contributed by atoms with E-state index in [9.17, 15) is 14.4 Å². The average molecular weight is 511 g/mol. The molecule has 194 valence electrons. The summed E-state index contributed by atoms with van der Waals surface area (Å²) in [6.07, 6.45) is 15.2. The van der Waals surface area contributed by atoms with Crippen molar-refractivity contribution in [3.63, 3.8) is 0 Å². The predicted octanol–water partition coefficient (Wildman–Crippen LogP) is 5.17. The molecule has 1 saturated heterocycles. The zero-order valence-electron chi connectivity index (χ0n) is 21.6. The Balaban J connectivity index is 1.55. The van der Waals surface area contributed by atoms with Crippen molar-refractivity contribution in [2.75, 3.05) is 19.6 Å². The highest BCUT2D eigenvalue weighted by atomic mass is 19.1. The van der Waals surface area contributed by atoms with E-state index in [0.717, 1.165) is 40.6 Å². The predicted molar refractivity (Wildman–Crippen MR) is 147 cm³/mol. The lowest BCUT2D eigenvalue weighted by Gasteiger charge is -2.37. The van der Waals surface area contributed by atoms with Gasteiger partial charge in [-0.15, -0.1) is 0 Å². The summed E-state index contributed by atoms with van der Waals surface area (Å²) < 4.78 is 14.0. The molecule has 0 aliphatic carbocycles. The van der Waals surface area contributed by atoms with Crippen LogP contribution in [0.1, 0.15) is 30.5 Å². The van der Waals surface area contributed by atoms with Crippen LogP contribution in [0.3, 0.4) is 0 Å². The molecule has 1 fully saturated rings. The number of nitriles is 1. The molecule has 0 N–H and O–H groups in total. The number of halogens is 1. The molecule has 0 atom stereocenters. The summed E-state index contributed by atoms with van der Waals surface area (Å²) in [5.41, 5.74) is 3.09. The van der Waals surface area contributed by atoms with Gasteiger partial charge < -0.3 is 4.90 Å². The third-order valence-corrected chi connectivity index (χ3v) is 6.98. The van der Waals surface area contributed by atoms with E-state index in [-0.39, 0.29) is 18.0 Å². The van der Waals surface area contributed by atoms with Crippen molar-refractivity contribution in [3.8, 4) is 6.07 Å². The minimum absolute atomic E-state index is 0.00572. The number of rotatable bonds is 7. The second kappa shape index (κ2) is 11.4. The molecule has 7 nitrogen and oxygen atoms in total. The fourth-order valence-electron chi connectivity index (χ4n) is 4.86. The number of amides is 1. The molecule has 3 aliphatic heterocycles. The molecule has 1 amide bonds. The number of hydrazone groups is 1. The molecular weight excluding hydrogens is 479 g/mol. The standard InChI is InChI=1S/C30H31FN6O/c1-5-9-25(23(4)31)37-29(38)19-28(34-37)36-15-8-7-10-26(36)24(6-2)20-35-16-12-30(21-32,13-17-35)27-18-22(3)11-14-33-27/h5-11,14-15,18H,1-2,4,12-13,16-17,19-20H2,3H3/b25-9+,26-24+. The van der Waals surface area contributed by atoms with Gasteiger partial charge in [0.15, 0.2) is 0 Å². The van der Waals surface area contributed by atoms with Crippen molar-refractivity contribution in [1.29, 1.82) is 5.26 Å². The van der Waals surface area contributed by atoms with E-state index in [2.05, 4.69) is 40.8 Å². The zero-order chi connectivity index (χ0) is 27.3. The van der Waals surface area contributed by atoms with Crippen LogP contribution in [-0.2, 0) is 10.2 Å². The first-order valence-corrected chi connectivity index (χ1v) is 12.5. The Morgan fingerprint density at radius 3 is 2.68 bits per heavy atom. The number of aromatic nitrogens is 1. The Labute approximate surface area is 223 Å². The monoisotopic (exact) mass is 510 g/mol. The maximum atomic E-state index is 14.0. The second-order valence-electron chi connectivity index (χ2n) is 9.46. The summed E-state index contributed by atoms with van der Waals surface area (Å²) in [4.78, 5) is 21.4. The van der Waals surface area contributed by atoms with Crippen LogP contribution >= 0.6 is 0 Å². The van der Waals surface area contributed by atoms with Crippen molar-refractivity contribution >= 4 is 11.7 Å². The van der Waals surface area contributed by atoms with Gasteiger partial charge in [0.05, 0.1) is 23.9 Å². The van der Waals surface area contributed by atoms with E-state index >= 15 is 0 Å². The highest BCUT2D eigenvalue weighted by Crippen LogP contribution is 2.35. The van der Waals surface area contributed by atoms with Crippen molar-refractivity contribution < 1.29 is 9.18 Å². The number of hydrogen-bond donors (Lipinski definition) is 0. The molecule has 0 unspecified atom stereocenters. The van der Waals surface area contributed by atoms with Crippen LogP contribution in [-0.4, -0.2) is 51.2 Å². The van der Waals surface area contributed by atoms with Gasteiger partial charge in [0.2, 0.25) is 0 Å². The number of piperidine rings is 1. The molecule has 4 heterocycles. The van der Waals surface area contributed by atoms with Gasteiger partial charge >= 0.3 is 0 Å². The number of nitrogens with zero attached hydrogens (tertiary/aromatic N) is 6. The first-order chi connectivity index (χ1) is 18.3. The molecule has 0 spiro atoms. The van der Waals surface area contributed by atoms with Crippen LogP contribution in [0.4, 0.5) is 4.39 Å². The minimum Gasteiger partial charge on any atom is -0.303 e. The lowest BCUT2D eigenvalue weighted by molar-refractivity contribution is -0.126. The smallest absolute Gasteiger partial charge is 0.255 e. The molecule has 0 saturated carbocycles. The number of pyridine rings is 1. The van der Waals surface area contributed by atoms with Crippen molar-refractivity contribution in [3.05, 3.63) is 115 Å². The Kier molecular flexibility index (Phi) is 7.99. The molecule has 1 aromatic heterocycles. The summed E-state index contributed by atoms with van der Waals surface area (Å²) in [6.45, 7) is 15.0. The van der Waals surface area contributed by atoms with Gasteiger partial charge in [-0.05, 0) is 61.3 Å². The van der Waals surface area contributed by atoms with Crippen LogP contribution in [0.2, 0.25) is 0 Å². The van der Waals surface area contributed by atoms with Crippen LogP contribution in [0.25, 0.3) is 0 Å². The third-order valence-electron chi connectivity index (χ3n) is 6.98. The van der Waals surface area contributed by atoms with Crippen molar-refractivity contribution in [1.82, 2.24) is 19.8 Å². The molecule has 38 heavy (non-hydrogen) atoms. The molecule has 4 rings (SSSR count). The van der Waals surface area contributed by atoms with Crippen molar-refractivity contribution in [2.45, 2.75) is 31.6 Å². The number of aryl methyl sites for hydroxylation is 1. The molecule has 1 aromatic rings. The van der Waals surface area contributed by atoms with Gasteiger partial charge in [0, 0.05) is 32.0 Å². The Morgan fingerprint density at radius 1 is 1.29 bits per heavy atom. The molecular formula is C30H31FN6O. The lowest BCUT2D eigenvalue weighted by Crippen LogP contribution is -2.43. The molecule has 0 radical (unpaired) electrons. The molecule has 0 bridgehead atoms. The van der Waals surface area contributed by atoms with E-state index < -0.39 is 11.2 Å². The summed E-state index contributed by atoms with van der Waals surface area (Å²) in [5, 5.41) is 15.5. The lowest BCUT2D eigenvalue weighted by atomic mass is 9.76. The normalized spacial score (nSPS) is 20.7. The minimum atomic E-state index is -0.765. The van der Waals surface area contributed by atoms with Crippen LogP contribution in [0, 0.1) is 18.3 Å². The third kappa shape index (κ3) is 5.34. The highest BCUT2D eigenvalue weighted by Gasteiger charge is 2.38. The molecule has 8 heteroatoms. The van der Waals surface area contributed by atoms with E-state index in [4.69, 9.17) is 0 Å². The van der Waals surface area contributed by atoms with Crippen molar-refractivity contribution in [2.24, 2.45) is 5.10 Å². The van der Waals surface area contributed by atoms with Gasteiger partial charge in [-0.1, -0.05) is 38.0 Å². The SMILES string of the molecule is C=C/C=C(\C(=C)F)N1N=C(N2C=CC=C/C2=C(/C=C)CN2CCC(C#N)(c3cc(C)ccn3)CC2)CC1=O. The van der Waals surface area contributed by atoms with Gasteiger partial charge in [0.25, 0.3) is 5.91 Å². The fraction of sp³-hybridized carbons (Fsp3) is 0.267. The maximum Gasteiger partial charge on any atom is 0.255 e. The Hall–Kier alpha value is -4.35. The number of amidine groups is 1. The van der Waals surface area contributed by atoms with E-state index in [0.29, 0.717) is 25.2 Å². The van der Waals surface area contributed by atoms with Gasteiger partial charge in [-0.25, -0.2) is 4.39 Å². The van der Waals surface area contributed by atoms with E-state index in [1.54, 1.807) is 6.20 Å². The summed E-state index contributed by atoms with van der Waals surface area (Å²) >= 11 is 0. The van der Waals surface area contributed by atoms with E-state index in [1.807, 2.05) is 54.5 Å². The zero-order valence-corrected chi connectivity index (χ0v) is 21.6. The summed E-state index contributed by atoms with van der Waals surface area (Å²) in [5.74, 6) is -0.656. The number of allylic oxidation sites excluding steroid dienone is 6. The average Bonchev–Trinajstić information content (AvgIpc) is 3.31. The number of likely N-dealkylation sites (tertiary alicyclic amines) is 1. The summed E-state index contributed by atoms with van der Waals surface area (Å²) in [7, 11) is 0. The quantitative estimate of drug-likeness (QED) is 0.473. The second-order valence-corrected chi connectivity index (χ2v) is 9.46. The van der Waals surface area contributed by atoms with Crippen LogP contribution < -0.4 is 0 Å². The Bertz CT molecular complexity index is 1350. The van der Waals surface area contributed by atoms with E-state index in [1.165, 1.54) is 12.2 Å². The summed E-state index contributed by atoms with van der Waals surface area (Å²) in [6, 6.07) is 6.49. The van der Waals surface area contributed by atoms with Crippen LogP contribution in [0.5, 0.6) is 0 Å². The first kappa shape index (κ1) is 26.7. The highest BCUT2D eigenvalue weighted by molar-refractivity contribution is 6.06. The maximum absolute atomic E-state index is 14.0. The number of carbonyl (C=O) groups excluding carboxylic acids is 1. The van der Waals surface area contributed by atoms with Gasteiger partial charge in [0.1, 0.15) is 22.8 Å². The first-order valence-electron chi connectivity index (χ1n) is 12.5. The number of hydrogen-bond acceptors (Lipinski definition) is 6. The van der Waals surface area contributed by atoms with Gasteiger partial charge in [-0.2, -0.15) is 15.4 Å². The van der Waals surface area contributed by atoms with Gasteiger partial charge in [-0.3, -0.25) is 14.7 Å². The topological polar surface area (TPSA) is 75.8 Å². The fourth-order valence-corrected chi connectivity index (χ4v) is 4.86. The molecule has 0 aromatic carbocycles. The Morgan fingerprint density at radius 2 is 2.05 bits per heavy atom. The number of carbonyl (C=O) groups is 1. The van der Waals surface area contributed by atoms with Crippen LogP contribution in [0.15, 0.2) is 109 Å². The molecule has 3 aliphatic rings. The largest absolute Gasteiger partial charge is 0.303 e.